The van der Waals surface area contributed by atoms with Crippen LogP contribution in [0.1, 0.15) is 36.3 Å². The Morgan fingerprint density at radius 3 is 2.68 bits per heavy atom. The molecule has 0 spiro atoms. The summed E-state index contributed by atoms with van der Waals surface area (Å²) in [4.78, 5) is 37.9. The molecule has 0 aliphatic carbocycles. The number of hydrogen-bond acceptors (Lipinski definition) is 6. The van der Waals surface area contributed by atoms with Crippen molar-refractivity contribution in [2.24, 2.45) is 5.41 Å². The number of ether oxygens (including phenoxy) is 2. The number of methoxy groups -OCH3 is 1. The van der Waals surface area contributed by atoms with Gasteiger partial charge in [0, 0.05) is 32.9 Å². The van der Waals surface area contributed by atoms with Crippen LogP contribution in [0.4, 0.5) is 10.5 Å². The molecular formula is C18H24N4O6. The van der Waals surface area contributed by atoms with Crippen LogP contribution in [0.25, 0.3) is 0 Å². The van der Waals surface area contributed by atoms with Gasteiger partial charge >= 0.3 is 18.0 Å². The van der Waals surface area contributed by atoms with E-state index in [9.17, 15) is 24.8 Å². The summed E-state index contributed by atoms with van der Waals surface area (Å²) in [6.07, 6.45) is 1.77. The van der Waals surface area contributed by atoms with Gasteiger partial charge in [-0.2, -0.15) is 5.26 Å². The molecule has 0 bridgehead atoms. The molecular weight excluding hydrogens is 368 g/mol. The molecule has 1 aliphatic rings. The van der Waals surface area contributed by atoms with E-state index in [0.717, 1.165) is 0 Å². The summed E-state index contributed by atoms with van der Waals surface area (Å²) in [5.74, 6) is -1.65. The number of nitrogens with zero attached hydrogens (tertiary/aromatic N) is 3. The van der Waals surface area contributed by atoms with Gasteiger partial charge in [-0.3, -0.25) is 4.79 Å². The monoisotopic (exact) mass is 392 g/mol. The van der Waals surface area contributed by atoms with E-state index in [4.69, 9.17) is 9.47 Å². The maximum atomic E-state index is 12.7. The molecule has 2 amide bonds. The second kappa shape index (κ2) is 8.75. The largest absolute Gasteiger partial charge is 0.481 e. The van der Waals surface area contributed by atoms with Crippen LogP contribution in [0.5, 0.6) is 0 Å². The molecule has 0 radical (unpaired) electrons. The number of esters is 1. The van der Waals surface area contributed by atoms with Gasteiger partial charge in [0.1, 0.15) is 6.07 Å². The normalized spacial score (nSPS) is 18.6. The van der Waals surface area contributed by atoms with Gasteiger partial charge in [0.15, 0.2) is 5.69 Å². The molecule has 1 saturated heterocycles. The molecule has 1 atom stereocenters. The molecule has 1 aromatic rings. The Bertz CT molecular complexity index is 812. The molecule has 2 rings (SSSR count). The smallest absolute Gasteiger partial charge is 0.357 e. The van der Waals surface area contributed by atoms with E-state index >= 15 is 0 Å². The van der Waals surface area contributed by atoms with E-state index < -0.39 is 23.4 Å². The van der Waals surface area contributed by atoms with Crippen molar-refractivity contribution >= 4 is 23.7 Å². The minimum Gasteiger partial charge on any atom is -0.481 e. The Morgan fingerprint density at radius 1 is 1.43 bits per heavy atom. The first-order valence-electron chi connectivity index (χ1n) is 8.86. The average molecular weight is 392 g/mol. The molecule has 10 heteroatoms. The van der Waals surface area contributed by atoms with Crippen molar-refractivity contribution in [3.63, 3.8) is 0 Å². The molecule has 2 N–H and O–H groups in total. The van der Waals surface area contributed by atoms with Crippen LogP contribution in [0.2, 0.25) is 0 Å². The number of hydrogen-bond donors (Lipinski definition) is 2. The third kappa shape index (κ3) is 4.26. The van der Waals surface area contributed by atoms with Crippen molar-refractivity contribution in [2.45, 2.75) is 26.8 Å². The van der Waals surface area contributed by atoms with E-state index in [2.05, 4.69) is 5.32 Å². The predicted molar refractivity (Wildman–Crippen MR) is 97.9 cm³/mol. The van der Waals surface area contributed by atoms with Gasteiger partial charge in [0.25, 0.3) is 0 Å². The second-order valence-corrected chi connectivity index (χ2v) is 6.75. The predicted octanol–water partition coefficient (Wildman–Crippen LogP) is 1.51. The highest BCUT2D eigenvalue weighted by Crippen LogP contribution is 2.31. The maximum absolute atomic E-state index is 12.7. The summed E-state index contributed by atoms with van der Waals surface area (Å²) in [6.45, 7) is 4.24. The van der Waals surface area contributed by atoms with Gasteiger partial charge in [-0.05, 0) is 20.3 Å². The summed E-state index contributed by atoms with van der Waals surface area (Å²) in [7, 11) is 1.51. The fourth-order valence-electron chi connectivity index (χ4n) is 3.05. The summed E-state index contributed by atoms with van der Waals surface area (Å²) in [5.41, 5.74) is -0.827. The zero-order chi connectivity index (χ0) is 20.9. The lowest BCUT2D eigenvalue weighted by Gasteiger charge is -2.21. The van der Waals surface area contributed by atoms with Crippen LogP contribution in [-0.2, 0) is 20.8 Å². The fraction of sp³-hybridized carbons (Fsp3) is 0.556. The summed E-state index contributed by atoms with van der Waals surface area (Å²) < 4.78 is 11.6. The molecule has 10 nitrogen and oxygen atoms in total. The van der Waals surface area contributed by atoms with Crippen molar-refractivity contribution in [3.05, 3.63) is 17.5 Å². The first-order valence-corrected chi connectivity index (χ1v) is 8.86. The summed E-state index contributed by atoms with van der Waals surface area (Å²) in [6, 6.07) is 1.39. The van der Waals surface area contributed by atoms with Crippen LogP contribution in [0.15, 0.2) is 6.20 Å². The van der Waals surface area contributed by atoms with E-state index in [-0.39, 0.29) is 43.2 Å². The van der Waals surface area contributed by atoms with Crippen molar-refractivity contribution in [3.8, 4) is 6.07 Å². The van der Waals surface area contributed by atoms with E-state index in [1.807, 2.05) is 6.07 Å². The number of carbonyl (C=O) groups excluding carboxylic acids is 2. The molecule has 1 aromatic heterocycles. The molecule has 28 heavy (non-hydrogen) atoms. The molecule has 1 aliphatic heterocycles. The highest BCUT2D eigenvalue weighted by molar-refractivity contribution is 6.02. The number of carboxylic acid groups (broad SMARTS) is 1. The van der Waals surface area contributed by atoms with Crippen LogP contribution in [-0.4, -0.2) is 66.0 Å². The maximum Gasteiger partial charge on any atom is 0.357 e. The van der Waals surface area contributed by atoms with E-state index in [1.54, 1.807) is 13.8 Å². The summed E-state index contributed by atoms with van der Waals surface area (Å²) >= 11 is 0. The first kappa shape index (κ1) is 21.2. The third-order valence-electron chi connectivity index (χ3n) is 4.71. The van der Waals surface area contributed by atoms with E-state index in [0.29, 0.717) is 13.0 Å². The Balaban J connectivity index is 2.32. The van der Waals surface area contributed by atoms with Gasteiger partial charge in [0.05, 0.1) is 29.9 Å². The number of nitriles is 1. The summed E-state index contributed by atoms with van der Waals surface area (Å²) in [5, 5.41) is 21.4. The van der Waals surface area contributed by atoms with Crippen LogP contribution < -0.4 is 5.32 Å². The number of urea groups is 1. The number of nitrogens with one attached hydrogen (secondary N) is 1. The van der Waals surface area contributed by atoms with Crippen molar-refractivity contribution < 1.29 is 29.0 Å². The Morgan fingerprint density at radius 2 is 2.14 bits per heavy atom. The number of aromatic nitrogens is 1. The Hall–Kier alpha value is -3.06. The number of rotatable bonds is 7. The number of amides is 2. The zero-order valence-electron chi connectivity index (χ0n) is 16.2. The molecule has 152 valence electrons. The van der Waals surface area contributed by atoms with Crippen LogP contribution >= 0.6 is 0 Å². The number of carbonyl (C=O) groups is 3. The lowest BCUT2D eigenvalue weighted by molar-refractivity contribution is -0.146. The van der Waals surface area contributed by atoms with Crippen LogP contribution in [0, 0.1) is 16.7 Å². The standard InChI is InChI=1S/C18H24N4O6/c1-4-28-15(23)14-13(12(9-19)10-21(14)7-8-27-3)20-17(26)22-6-5-18(2,11-22)16(24)25/h10H,4-8,11H2,1-3H3,(H,20,26)(H,24,25). The first-order chi connectivity index (χ1) is 13.3. The zero-order valence-corrected chi connectivity index (χ0v) is 16.2. The quantitative estimate of drug-likeness (QED) is 0.672. The van der Waals surface area contributed by atoms with Gasteiger partial charge in [0.2, 0.25) is 0 Å². The van der Waals surface area contributed by atoms with Crippen LogP contribution in [0.3, 0.4) is 0 Å². The van der Waals surface area contributed by atoms with Crippen molar-refractivity contribution in [1.29, 1.82) is 5.26 Å². The van der Waals surface area contributed by atoms with Gasteiger partial charge in [-0.15, -0.1) is 0 Å². The Kier molecular flexibility index (Phi) is 6.64. The van der Waals surface area contributed by atoms with Crippen molar-refractivity contribution in [1.82, 2.24) is 9.47 Å². The van der Waals surface area contributed by atoms with Gasteiger partial charge in [-0.1, -0.05) is 0 Å². The minimum atomic E-state index is -1.02. The minimum absolute atomic E-state index is 0.0369. The molecule has 1 fully saturated rings. The van der Waals surface area contributed by atoms with E-state index in [1.165, 1.54) is 22.8 Å². The second-order valence-electron chi connectivity index (χ2n) is 6.75. The van der Waals surface area contributed by atoms with Crippen molar-refractivity contribution in [2.75, 3.05) is 38.7 Å². The number of likely N-dealkylation sites (tertiary alicyclic amines) is 1. The van der Waals surface area contributed by atoms with Gasteiger partial charge < -0.3 is 29.4 Å². The lowest BCUT2D eigenvalue weighted by atomic mass is 9.90. The third-order valence-corrected chi connectivity index (χ3v) is 4.71. The fourth-order valence-corrected chi connectivity index (χ4v) is 3.05. The number of aliphatic carboxylic acids is 1. The Labute approximate surface area is 162 Å². The molecule has 0 saturated carbocycles. The van der Waals surface area contributed by atoms with Gasteiger partial charge in [-0.25, -0.2) is 9.59 Å². The molecule has 1 unspecified atom stereocenters. The SMILES string of the molecule is CCOC(=O)c1c(NC(=O)N2CCC(C)(C(=O)O)C2)c(C#N)cn1CCOC. The highest BCUT2D eigenvalue weighted by atomic mass is 16.5. The average Bonchev–Trinajstić information content (AvgIpc) is 3.22. The number of anilines is 1. The highest BCUT2D eigenvalue weighted by Gasteiger charge is 2.42. The molecule has 0 aromatic carbocycles. The lowest BCUT2D eigenvalue weighted by Crippen LogP contribution is -2.37. The number of carboxylic acids is 1. The molecule has 2 heterocycles. The topological polar surface area (TPSA) is 134 Å².